The third-order valence-corrected chi connectivity index (χ3v) is 3.64. The molecule has 1 heterocycles. The molecule has 2 rings (SSSR count). The van der Waals surface area contributed by atoms with Crippen LogP contribution >= 0.6 is 11.6 Å². The highest BCUT2D eigenvalue weighted by atomic mass is 35.5. The van der Waals surface area contributed by atoms with Gasteiger partial charge in [-0.2, -0.15) is 0 Å². The molecular weight excluding hydrogens is 281 g/mol. The molecule has 106 valence electrons. The Morgan fingerprint density at radius 3 is 2.65 bits per heavy atom. The predicted molar refractivity (Wildman–Crippen MR) is 76.1 cm³/mol. The lowest BCUT2D eigenvalue weighted by molar-refractivity contribution is 0.0918. The molecule has 0 aliphatic heterocycles. The molecule has 0 spiro atoms. The second kappa shape index (κ2) is 5.67. The van der Waals surface area contributed by atoms with E-state index in [0.29, 0.717) is 5.56 Å². The monoisotopic (exact) mass is 295 g/mol. The zero-order valence-corrected chi connectivity index (χ0v) is 12.3. The molecule has 0 amide bonds. The lowest BCUT2D eigenvalue weighted by atomic mass is 10.1. The van der Waals surface area contributed by atoms with Gasteiger partial charge >= 0.3 is 0 Å². The fourth-order valence-corrected chi connectivity index (χ4v) is 2.19. The van der Waals surface area contributed by atoms with Crippen molar-refractivity contribution in [1.29, 1.82) is 0 Å². The van der Waals surface area contributed by atoms with Crippen LogP contribution in [0.1, 0.15) is 21.7 Å². The van der Waals surface area contributed by atoms with Gasteiger partial charge in [-0.3, -0.25) is 4.79 Å². The van der Waals surface area contributed by atoms with Crippen molar-refractivity contribution in [3.8, 4) is 5.75 Å². The van der Waals surface area contributed by atoms with Gasteiger partial charge in [0.15, 0.2) is 18.2 Å². The Labute approximate surface area is 121 Å². The van der Waals surface area contributed by atoms with Crippen molar-refractivity contribution < 1.29 is 13.9 Å². The number of benzene rings is 1. The summed E-state index contributed by atoms with van der Waals surface area (Å²) in [6.45, 7) is 3.53. The van der Waals surface area contributed by atoms with Crippen molar-refractivity contribution in [2.45, 2.75) is 13.8 Å². The maximum Gasteiger partial charge on any atom is 0.202 e. The second-order valence-corrected chi connectivity index (χ2v) is 5.01. The normalized spacial score (nSPS) is 10.7. The number of rotatable bonds is 4. The summed E-state index contributed by atoms with van der Waals surface area (Å²) < 4.78 is 20.7. The molecule has 0 atom stereocenters. The van der Waals surface area contributed by atoms with Crippen molar-refractivity contribution in [2.75, 3.05) is 6.61 Å². The fraction of sp³-hybridized carbons (Fsp3) is 0.267. The van der Waals surface area contributed by atoms with E-state index < -0.39 is 5.82 Å². The van der Waals surface area contributed by atoms with Gasteiger partial charge < -0.3 is 9.30 Å². The number of ether oxygens (including phenoxy) is 1. The molecule has 0 saturated carbocycles. The Morgan fingerprint density at radius 2 is 2.10 bits per heavy atom. The molecule has 0 aliphatic rings. The van der Waals surface area contributed by atoms with Crippen LogP contribution in [0.3, 0.4) is 0 Å². The fourth-order valence-electron chi connectivity index (χ4n) is 1.97. The van der Waals surface area contributed by atoms with Crippen molar-refractivity contribution in [3.05, 3.63) is 52.1 Å². The molecule has 20 heavy (non-hydrogen) atoms. The van der Waals surface area contributed by atoms with E-state index in [-0.39, 0.29) is 23.2 Å². The van der Waals surface area contributed by atoms with Gasteiger partial charge in [0.2, 0.25) is 5.78 Å². The number of hydrogen-bond acceptors (Lipinski definition) is 2. The summed E-state index contributed by atoms with van der Waals surface area (Å²) in [4.78, 5) is 12.1. The number of hydrogen-bond donors (Lipinski definition) is 0. The number of aromatic nitrogens is 1. The maximum absolute atomic E-state index is 13.5. The van der Waals surface area contributed by atoms with E-state index >= 15 is 0 Å². The molecule has 1 aromatic heterocycles. The molecule has 0 saturated heterocycles. The molecule has 0 bridgehead atoms. The summed E-state index contributed by atoms with van der Waals surface area (Å²) in [6.07, 6.45) is 0. The number of ketones is 1. The quantitative estimate of drug-likeness (QED) is 0.806. The predicted octanol–water partition coefficient (Wildman–Crippen LogP) is 3.70. The average Bonchev–Trinajstić information content (AvgIpc) is 2.66. The third-order valence-electron chi connectivity index (χ3n) is 3.34. The first-order valence-electron chi connectivity index (χ1n) is 6.14. The van der Waals surface area contributed by atoms with Crippen molar-refractivity contribution in [2.24, 2.45) is 7.05 Å². The number of nitrogens with zero attached hydrogens (tertiary/aromatic N) is 1. The lowest BCUT2D eigenvalue weighted by Gasteiger charge is -2.08. The molecule has 0 N–H and O–H groups in total. The van der Waals surface area contributed by atoms with E-state index in [1.165, 1.54) is 18.2 Å². The van der Waals surface area contributed by atoms with Gasteiger partial charge in [0.1, 0.15) is 0 Å². The summed E-state index contributed by atoms with van der Waals surface area (Å²) >= 11 is 5.84. The minimum atomic E-state index is -0.578. The summed E-state index contributed by atoms with van der Waals surface area (Å²) in [5, 5.41) is 0.152. The topological polar surface area (TPSA) is 31.2 Å². The molecule has 0 unspecified atom stereocenters. The molecule has 0 radical (unpaired) electrons. The highest BCUT2D eigenvalue weighted by Crippen LogP contribution is 2.27. The minimum absolute atomic E-state index is 0.0900. The molecular formula is C15H15ClFNO2. The average molecular weight is 296 g/mol. The van der Waals surface area contributed by atoms with E-state index in [4.69, 9.17) is 16.3 Å². The van der Waals surface area contributed by atoms with E-state index in [2.05, 4.69) is 0 Å². The van der Waals surface area contributed by atoms with Crippen LogP contribution in [-0.2, 0) is 7.05 Å². The van der Waals surface area contributed by atoms with E-state index in [1.807, 2.05) is 25.5 Å². The van der Waals surface area contributed by atoms with Gasteiger partial charge in [0.25, 0.3) is 0 Å². The van der Waals surface area contributed by atoms with Gasteiger partial charge in [-0.15, -0.1) is 0 Å². The summed E-state index contributed by atoms with van der Waals surface area (Å²) in [5.41, 5.74) is 2.42. The Morgan fingerprint density at radius 1 is 1.40 bits per heavy atom. The first-order chi connectivity index (χ1) is 9.41. The third kappa shape index (κ3) is 2.70. The van der Waals surface area contributed by atoms with Gasteiger partial charge in [0, 0.05) is 24.0 Å². The second-order valence-electron chi connectivity index (χ2n) is 4.61. The van der Waals surface area contributed by atoms with Crippen LogP contribution in [0.5, 0.6) is 5.75 Å². The van der Waals surface area contributed by atoms with Gasteiger partial charge in [0.05, 0.1) is 5.02 Å². The zero-order chi connectivity index (χ0) is 14.9. The van der Waals surface area contributed by atoms with E-state index in [0.717, 1.165) is 11.4 Å². The number of carbonyl (C=O) groups is 1. The zero-order valence-electron chi connectivity index (χ0n) is 11.5. The molecule has 1 aromatic carbocycles. The summed E-state index contributed by atoms with van der Waals surface area (Å²) in [7, 11) is 1.88. The standard InChI is InChI=1S/C15H15ClFNO2/c1-9-7-11(10(2)18(9)3)14(19)8-20-15-12(16)5-4-6-13(15)17/h4-7H,8H2,1-3H3. The summed E-state index contributed by atoms with van der Waals surface area (Å²) in [5.74, 6) is -0.871. The Kier molecular flexibility index (Phi) is 4.14. The van der Waals surface area contributed by atoms with Crippen LogP contribution in [0, 0.1) is 19.7 Å². The van der Waals surface area contributed by atoms with Gasteiger partial charge in [-0.1, -0.05) is 17.7 Å². The van der Waals surface area contributed by atoms with Crippen LogP contribution in [0.15, 0.2) is 24.3 Å². The molecule has 5 heteroatoms. The van der Waals surface area contributed by atoms with Crippen LogP contribution in [0.2, 0.25) is 5.02 Å². The largest absolute Gasteiger partial charge is 0.481 e. The van der Waals surface area contributed by atoms with Crippen molar-refractivity contribution in [1.82, 2.24) is 4.57 Å². The number of para-hydroxylation sites is 1. The Hall–Kier alpha value is -1.81. The summed E-state index contributed by atoms with van der Waals surface area (Å²) in [6, 6.07) is 6.03. The molecule has 0 fully saturated rings. The van der Waals surface area contributed by atoms with Crippen molar-refractivity contribution in [3.63, 3.8) is 0 Å². The number of aryl methyl sites for hydroxylation is 1. The number of carbonyl (C=O) groups excluding carboxylic acids is 1. The maximum atomic E-state index is 13.5. The first-order valence-corrected chi connectivity index (χ1v) is 6.52. The van der Waals surface area contributed by atoms with E-state index in [1.54, 1.807) is 6.07 Å². The Balaban J connectivity index is 2.15. The highest BCUT2D eigenvalue weighted by Gasteiger charge is 2.16. The first kappa shape index (κ1) is 14.6. The van der Waals surface area contributed by atoms with Crippen LogP contribution in [0.25, 0.3) is 0 Å². The number of Topliss-reactive ketones (excluding diaryl/α,β-unsaturated/α-hetero) is 1. The minimum Gasteiger partial charge on any atom is -0.481 e. The highest BCUT2D eigenvalue weighted by molar-refractivity contribution is 6.32. The molecule has 2 aromatic rings. The van der Waals surface area contributed by atoms with Crippen LogP contribution in [0.4, 0.5) is 4.39 Å². The smallest absolute Gasteiger partial charge is 0.202 e. The van der Waals surface area contributed by atoms with E-state index in [9.17, 15) is 9.18 Å². The van der Waals surface area contributed by atoms with Gasteiger partial charge in [-0.05, 0) is 32.0 Å². The lowest BCUT2D eigenvalue weighted by Crippen LogP contribution is -2.13. The molecule has 3 nitrogen and oxygen atoms in total. The van der Waals surface area contributed by atoms with Crippen molar-refractivity contribution >= 4 is 17.4 Å². The van der Waals surface area contributed by atoms with Gasteiger partial charge in [-0.25, -0.2) is 4.39 Å². The van der Waals surface area contributed by atoms with Crippen LogP contribution < -0.4 is 4.74 Å². The SMILES string of the molecule is Cc1cc(C(=O)COc2c(F)cccc2Cl)c(C)n1C. The van der Waals surface area contributed by atoms with Crippen LogP contribution in [-0.4, -0.2) is 17.0 Å². The Bertz CT molecular complexity index is 644. The number of halogens is 2. The molecule has 0 aliphatic carbocycles.